The van der Waals surface area contributed by atoms with E-state index < -0.39 is 24.0 Å². The van der Waals surface area contributed by atoms with E-state index in [0.717, 1.165) is 5.56 Å². The zero-order chi connectivity index (χ0) is 21.8. The molecule has 0 bridgehead atoms. The van der Waals surface area contributed by atoms with E-state index in [0.29, 0.717) is 35.8 Å². The number of amides is 2. The third-order valence-electron chi connectivity index (χ3n) is 4.92. The lowest BCUT2D eigenvalue weighted by Gasteiger charge is -2.24. The normalized spacial score (nSPS) is 16.8. The summed E-state index contributed by atoms with van der Waals surface area (Å²) < 4.78 is 15.7. The van der Waals surface area contributed by atoms with E-state index in [1.165, 1.54) is 25.2 Å². The van der Waals surface area contributed by atoms with Crippen molar-refractivity contribution in [3.05, 3.63) is 46.9 Å². The van der Waals surface area contributed by atoms with Gasteiger partial charge in [0.15, 0.2) is 11.9 Å². The number of esters is 1. The topological polar surface area (TPSA) is 98.1 Å². The van der Waals surface area contributed by atoms with Gasteiger partial charge in [0.1, 0.15) is 11.8 Å². The first-order chi connectivity index (χ1) is 14.3. The smallest absolute Gasteiger partial charge is 0.329 e. The van der Waals surface area contributed by atoms with Gasteiger partial charge in [-0.2, -0.15) is 0 Å². The molecule has 1 aliphatic heterocycles. The Kier molecular flexibility index (Phi) is 6.66. The number of halogens is 1. The van der Waals surface area contributed by atoms with Gasteiger partial charge in [0, 0.05) is 17.6 Å². The van der Waals surface area contributed by atoms with Crippen LogP contribution in [0.5, 0.6) is 5.75 Å². The predicted octanol–water partition coefficient (Wildman–Crippen LogP) is 3.43. The zero-order valence-electron chi connectivity index (χ0n) is 16.9. The number of hydrogen-bond donors (Lipinski definition) is 1. The number of methoxy groups -OCH3 is 1. The molecule has 1 aromatic carbocycles. The highest BCUT2D eigenvalue weighted by molar-refractivity contribution is 6.31. The summed E-state index contributed by atoms with van der Waals surface area (Å²) in [6.07, 6.45) is 1.45. The lowest BCUT2D eigenvalue weighted by molar-refractivity contribution is -0.156. The molecule has 8 nitrogen and oxygen atoms in total. The maximum Gasteiger partial charge on any atom is 0.329 e. The van der Waals surface area contributed by atoms with E-state index in [1.54, 1.807) is 31.2 Å². The number of hydrogen-bond acceptors (Lipinski definition) is 6. The number of carbonyl (C=O) groups is 3. The summed E-state index contributed by atoms with van der Waals surface area (Å²) in [5.41, 5.74) is 1.18. The fraction of sp³-hybridized carbons (Fsp3) is 0.381. The number of rotatable bonds is 6. The van der Waals surface area contributed by atoms with Crippen LogP contribution < -0.4 is 10.1 Å². The molecule has 0 unspecified atom stereocenters. The maximum absolute atomic E-state index is 12.7. The predicted molar refractivity (Wildman–Crippen MR) is 110 cm³/mol. The summed E-state index contributed by atoms with van der Waals surface area (Å²) in [4.78, 5) is 39.2. The van der Waals surface area contributed by atoms with Crippen molar-refractivity contribution in [1.82, 2.24) is 4.90 Å². The van der Waals surface area contributed by atoms with Crippen molar-refractivity contribution in [2.45, 2.75) is 38.8 Å². The Morgan fingerprint density at radius 1 is 1.33 bits per heavy atom. The molecule has 0 aliphatic carbocycles. The standard InChI is InChI=1S/C21H23ClN2O6/c1-12-10-15(18(28-3)11-14(12)22)23-19(25)13(2)30-21(27)16-6-4-8-24(16)20(26)17-7-5-9-29-17/h5,7,9-11,13,16H,4,6,8H2,1-3H3,(H,23,25)/t13-,16+/m1/s1. The Balaban J connectivity index is 1.64. The van der Waals surface area contributed by atoms with Crippen molar-refractivity contribution in [2.24, 2.45) is 0 Å². The van der Waals surface area contributed by atoms with E-state index in [9.17, 15) is 14.4 Å². The molecule has 1 aromatic heterocycles. The van der Waals surface area contributed by atoms with Gasteiger partial charge >= 0.3 is 5.97 Å². The van der Waals surface area contributed by atoms with Crippen molar-refractivity contribution < 1.29 is 28.3 Å². The average Bonchev–Trinajstić information content (AvgIpc) is 3.42. The van der Waals surface area contributed by atoms with Gasteiger partial charge in [-0.3, -0.25) is 9.59 Å². The molecule has 2 aromatic rings. The van der Waals surface area contributed by atoms with E-state index in [4.69, 9.17) is 25.5 Å². The van der Waals surface area contributed by atoms with Gasteiger partial charge in [0.2, 0.25) is 0 Å². The average molecular weight is 435 g/mol. The number of furan rings is 1. The van der Waals surface area contributed by atoms with Crippen LogP contribution in [0.25, 0.3) is 0 Å². The van der Waals surface area contributed by atoms with Crippen LogP contribution in [0.1, 0.15) is 35.9 Å². The second-order valence-corrected chi connectivity index (χ2v) is 7.41. The minimum Gasteiger partial charge on any atom is -0.495 e. The quantitative estimate of drug-likeness (QED) is 0.699. The number of ether oxygens (including phenoxy) is 2. The largest absolute Gasteiger partial charge is 0.495 e. The molecule has 1 saturated heterocycles. The molecule has 0 saturated carbocycles. The molecule has 2 atom stereocenters. The van der Waals surface area contributed by atoms with Gasteiger partial charge in [-0.15, -0.1) is 0 Å². The number of likely N-dealkylation sites (tertiary alicyclic amines) is 1. The van der Waals surface area contributed by atoms with Gasteiger partial charge in [0.05, 0.1) is 19.1 Å². The highest BCUT2D eigenvalue weighted by Crippen LogP contribution is 2.31. The second-order valence-electron chi connectivity index (χ2n) is 7.00. The van der Waals surface area contributed by atoms with Gasteiger partial charge in [0.25, 0.3) is 11.8 Å². The fourth-order valence-corrected chi connectivity index (χ4v) is 3.42. The van der Waals surface area contributed by atoms with Crippen LogP contribution in [0.2, 0.25) is 5.02 Å². The summed E-state index contributed by atoms with van der Waals surface area (Å²) in [5, 5.41) is 3.19. The van der Waals surface area contributed by atoms with Crippen molar-refractivity contribution in [1.29, 1.82) is 0 Å². The van der Waals surface area contributed by atoms with Crippen LogP contribution in [0, 0.1) is 6.92 Å². The molecular weight excluding hydrogens is 412 g/mol. The van der Waals surface area contributed by atoms with E-state index >= 15 is 0 Å². The van der Waals surface area contributed by atoms with Crippen LogP contribution in [0.3, 0.4) is 0 Å². The van der Waals surface area contributed by atoms with Gasteiger partial charge in [-0.25, -0.2) is 4.79 Å². The molecule has 1 N–H and O–H groups in total. The Hall–Kier alpha value is -3.00. The van der Waals surface area contributed by atoms with Crippen molar-refractivity contribution in [3.63, 3.8) is 0 Å². The van der Waals surface area contributed by atoms with Crippen LogP contribution >= 0.6 is 11.6 Å². The number of nitrogens with one attached hydrogen (secondary N) is 1. The molecule has 160 valence electrons. The monoisotopic (exact) mass is 434 g/mol. The first-order valence-corrected chi connectivity index (χ1v) is 9.89. The third-order valence-corrected chi connectivity index (χ3v) is 5.33. The molecule has 3 rings (SSSR count). The van der Waals surface area contributed by atoms with Gasteiger partial charge in [-0.1, -0.05) is 11.6 Å². The first-order valence-electron chi connectivity index (χ1n) is 9.51. The molecule has 1 fully saturated rings. The Morgan fingerprint density at radius 2 is 2.10 bits per heavy atom. The molecule has 2 heterocycles. The summed E-state index contributed by atoms with van der Waals surface area (Å²) in [5.74, 6) is -0.980. The molecule has 1 aliphatic rings. The summed E-state index contributed by atoms with van der Waals surface area (Å²) in [7, 11) is 1.46. The van der Waals surface area contributed by atoms with Crippen molar-refractivity contribution >= 4 is 35.1 Å². The summed E-state index contributed by atoms with van der Waals surface area (Å²) >= 11 is 6.08. The Bertz CT molecular complexity index is 943. The number of carbonyl (C=O) groups excluding carboxylic acids is 3. The Labute approximate surface area is 179 Å². The minimum absolute atomic E-state index is 0.158. The van der Waals surface area contributed by atoms with Crippen molar-refractivity contribution in [3.8, 4) is 5.75 Å². The van der Waals surface area contributed by atoms with Gasteiger partial charge in [-0.05, 0) is 50.5 Å². The van der Waals surface area contributed by atoms with Crippen LogP contribution in [0.4, 0.5) is 5.69 Å². The maximum atomic E-state index is 12.7. The number of anilines is 1. The number of benzene rings is 1. The van der Waals surface area contributed by atoms with Crippen LogP contribution in [-0.4, -0.2) is 48.5 Å². The summed E-state index contributed by atoms with van der Waals surface area (Å²) in [6.45, 7) is 3.68. The molecule has 2 amide bonds. The Morgan fingerprint density at radius 3 is 2.77 bits per heavy atom. The highest BCUT2D eigenvalue weighted by atomic mass is 35.5. The van der Waals surface area contributed by atoms with E-state index in [-0.39, 0.29) is 11.7 Å². The van der Waals surface area contributed by atoms with E-state index in [1.807, 2.05) is 0 Å². The molecule has 0 radical (unpaired) electrons. The van der Waals surface area contributed by atoms with Gasteiger partial charge < -0.3 is 24.1 Å². The SMILES string of the molecule is COc1cc(Cl)c(C)cc1NC(=O)[C@@H](C)OC(=O)[C@@H]1CCCN1C(=O)c1ccco1. The second kappa shape index (κ2) is 9.21. The highest BCUT2D eigenvalue weighted by Gasteiger charge is 2.37. The van der Waals surface area contributed by atoms with Crippen LogP contribution in [0.15, 0.2) is 34.9 Å². The molecule has 30 heavy (non-hydrogen) atoms. The summed E-state index contributed by atoms with van der Waals surface area (Å²) in [6, 6.07) is 5.66. The minimum atomic E-state index is -1.07. The molecular formula is C21H23ClN2O6. The third kappa shape index (κ3) is 4.59. The number of aryl methyl sites for hydroxylation is 1. The fourth-order valence-electron chi connectivity index (χ4n) is 3.27. The molecule has 0 spiro atoms. The lowest BCUT2D eigenvalue weighted by Crippen LogP contribution is -2.43. The van der Waals surface area contributed by atoms with Crippen molar-refractivity contribution in [2.75, 3.05) is 19.0 Å². The molecule has 9 heteroatoms. The lowest BCUT2D eigenvalue weighted by atomic mass is 10.2. The first kappa shape index (κ1) is 21.7. The van der Waals surface area contributed by atoms with Crippen LogP contribution in [-0.2, 0) is 14.3 Å². The number of nitrogens with zero attached hydrogens (tertiary/aromatic N) is 1. The zero-order valence-corrected chi connectivity index (χ0v) is 17.7. The van der Waals surface area contributed by atoms with E-state index in [2.05, 4.69) is 5.32 Å².